The highest BCUT2D eigenvalue weighted by Gasteiger charge is 2.26. The van der Waals surface area contributed by atoms with E-state index in [2.05, 4.69) is 27.7 Å². The van der Waals surface area contributed by atoms with Gasteiger partial charge < -0.3 is 9.52 Å². The highest BCUT2D eigenvalue weighted by atomic mass is 16.4. The molecule has 0 spiro atoms. The zero-order chi connectivity index (χ0) is 18.8. The molecule has 0 radical (unpaired) electrons. The van der Waals surface area contributed by atoms with Gasteiger partial charge in [0.05, 0.1) is 5.39 Å². The van der Waals surface area contributed by atoms with Crippen LogP contribution in [0.15, 0.2) is 21.3 Å². The molecule has 0 aliphatic heterocycles. The fourth-order valence-electron chi connectivity index (χ4n) is 4.46. The Kier molecular flexibility index (Phi) is 5.74. The first-order valence-electron chi connectivity index (χ1n) is 10.3. The summed E-state index contributed by atoms with van der Waals surface area (Å²) in [6, 6.07) is 3.88. The molecule has 3 unspecified atom stereocenters. The van der Waals surface area contributed by atoms with E-state index in [-0.39, 0.29) is 17.3 Å². The molecule has 0 saturated carbocycles. The third-order valence-corrected chi connectivity index (χ3v) is 6.35. The Morgan fingerprint density at radius 2 is 2.04 bits per heavy atom. The molecule has 3 heteroatoms. The quantitative estimate of drug-likeness (QED) is 0.491. The summed E-state index contributed by atoms with van der Waals surface area (Å²) in [6.07, 6.45) is 7.73. The van der Waals surface area contributed by atoms with Gasteiger partial charge >= 0.3 is 5.63 Å². The number of rotatable bonds is 6. The lowest BCUT2D eigenvalue weighted by Gasteiger charge is -2.24. The van der Waals surface area contributed by atoms with Crippen molar-refractivity contribution >= 4 is 11.0 Å². The molecule has 1 aromatic heterocycles. The van der Waals surface area contributed by atoms with E-state index in [9.17, 15) is 9.90 Å². The average molecular weight is 357 g/mol. The van der Waals surface area contributed by atoms with Gasteiger partial charge in [0.15, 0.2) is 0 Å². The highest BCUT2D eigenvalue weighted by molar-refractivity contribution is 5.89. The lowest BCUT2D eigenvalue weighted by atomic mass is 9.81. The zero-order valence-electron chi connectivity index (χ0n) is 16.6. The summed E-state index contributed by atoms with van der Waals surface area (Å²) in [5.41, 5.74) is 3.16. The van der Waals surface area contributed by atoms with E-state index >= 15 is 0 Å². The Hall–Kier alpha value is -1.77. The number of fused-ring (bicyclic) bond motifs is 3. The summed E-state index contributed by atoms with van der Waals surface area (Å²) < 4.78 is 5.64. The maximum Gasteiger partial charge on any atom is 0.339 e. The SMILES string of the molecule is CCCCCC(C)C(C)c1cc(O)c2c3c(c(=O)oc2c1)CCCC3C. The molecule has 1 aromatic carbocycles. The van der Waals surface area contributed by atoms with Crippen LogP contribution in [-0.4, -0.2) is 5.11 Å². The van der Waals surface area contributed by atoms with Crippen LogP contribution in [0.25, 0.3) is 11.0 Å². The Labute approximate surface area is 156 Å². The lowest BCUT2D eigenvalue weighted by molar-refractivity contribution is 0.426. The fraction of sp³-hybridized carbons (Fsp3) is 0.609. The minimum atomic E-state index is -0.223. The standard InChI is InChI=1S/C23H32O3/c1-5-6-7-9-14(2)16(4)17-12-19(24)22-20(13-17)26-23(25)18-11-8-10-15(3)21(18)22/h12-16,24H,5-11H2,1-4H3. The molecule has 1 N–H and O–H groups in total. The van der Waals surface area contributed by atoms with Crippen LogP contribution in [0.2, 0.25) is 0 Å². The molecule has 0 fully saturated rings. The molecule has 26 heavy (non-hydrogen) atoms. The van der Waals surface area contributed by atoms with Gasteiger partial charge in [-0.05, 0) is 60.3 Å². The molecule has 3 nitrogen and oxygen atoms in total. The number of hydrogen-bond donors (Lipinski definition) is 1. The molecule has 1 aliphatic carbocycles. The van der Waals surface area contributed by atoms with Crippen molar-refractivity contribution in [2.45, 2.75) is 84.5 Å². The number of phenols is 1. The van der Waals surface area contributed by atoms with Gasteiger partial charge in [-0.25, -0.2) is 4.79 Å². The Bertz CT molecular complexity index is 833. The van der Waals surface area contributed by atoms with Gasteiger partial charge in [0.2, 0.25) is 0 Å². The van der Waals surface area contributed by atoms with E-state index in [1.54, 1.807) is 0 Å². The van der Waals surface area contributed by atoms with E-state index in [4.69, 9.17) is 4.42 Å². The van der Waals surface area contributed by atoms with Gasteiger partial charge in [-0.15, -0.1) is 0 Å². The first-order valence-corrected chi connectivity index (χ1v) is 10.3. The van der Waals surface area contributed by atoms with Gasteiger partial charge in [-0.3, -0.25) is 0 Å². The maximum atomic E-state index is 12.5. The Morgan fingerprint density at radius 3 is 2.77 bits per heavy atom. The van der Waals surface area contributed by atoms with Crippen molar-refractivity contribution in [3.63, 3.8) is 0 Å². The topological polar surface area (TPSA) is 50.4 Å². The van der Waals surface area contributed by atoms with Crippen LogP contribution >= 0.6 is 0 Å². The summed E-state index contributed by atoms with van der Waals surface area (Å²) in [5.74, 6) is 1.40. The summed E-state index contributed by atoms with van der Waals surface area (Å²) in [5, 5.41) is 11.6. The summed E-state index contributed by atoms with van der Waals surface area (Å²) in [4.78, 5) is 12.5. The summed E-state index contributed by atoms with van der Waals surface area (Å²) in [6.45, 7) is 8.84. The van der Waals surface area contributed by atoms with E-state index in [0.717, 1.165) is 41.3 Å². The number of benzene rings is 1. The van der Waals surface area contributed by atoms with Crippen molar-refractivity contribution in [2.75, 3.05) is 0 Å². The van der Waals surface area contributed by atoms with Gasteiger partial charge in [-0.1, -0.05) is 53.4 Å². The molecule has 0 amide bonds. The minimum absolute atomic E-state index is 0.223. The minimum Gasteiger partial charge on any atom is -0.507 e. The molecule has 0 bridgehead atoms. The molecule has 2 aromatic rings. The first-order chi connectivity index (χ1) is 12.4. The van der Waals surface area contributed by atoms with Crippen LogP contribution in [0.5, 0.6) is 5.75 Å². The van der Waals surface area contributed by atoms with Crippen LogP contribution in [0, 0.1) is 5.92 Å². The van der Waals surface area contributed by atoms with Crippen molar-refractivity contribution in [3.05, 3.63) is 39.2 Å². The molecule has 3 atom stereocenters. The van der Waals surface area contributed by atoms with Crippen LogP contribution < -0.4 is 5.63 Å². The second-order valence-corrected chi connectivity index (χ2v) is 8.25. The van der Waals surface area contributed by atoms with Crippen molar-refractivity contribution < 1.29 is 9.52 Å². The predicted molar refractivity (Wildman–Crippen MR) is 107 cm³/mol. The Morgan fingerprint density at radius 1 is 1.27 bits per heavy atom. The largest absolute Gasteiger partial charge is 0.507 e. The zero-order valence-corrected chi connectivity index (χ0v) is 16.6. The first kappa shape index (κ1) is 19.0. The number of aromatic hydroxyl groups is 1. The van der Waals surface area contributed by atoms with Gasteiger partial charge in [0.25, 0.3) is 0 Å². The Balaban J connectivity index is 2.02. The lowest BCUT2D eigenvalue weighted by Crippen LogP contribution is -2.18. The van der Waals surface area contributed by atoms with E-state index < -0.39 is 0 Å². The van der Waals surface area contributed by atoms with Crippen molar-refractivity contribution in [1.29, 1.82) is 0 Å². The number of phenolic OH excluding ortho intramolecular Hbond substituents is 1. The molecule has 3 rings (SSSR count). The predicted octanol–water partition coefficient (Wildman–Crippen LogP) is 6.26. The number of hydrogen-bond acceptors (Lipinski definition) is 3. The van der Waals surface area contributed by atoms with Gasteiger partial charge in [0.1, 0.15) is 11.3 Å². The summed E-state index contributed by atoms with van der Waals surface area (Å²) >= 11 is 0. The maximum absolute atomic E-state index is 12.5. The average Bonchev–Trinajstić information content (AvgIpc) is 2.61. The number of unbranched alkanes of at least 4 members (excludes halogenated alkanes) is 2. The molecule has 1 heterocycles. The smallest absolute Gasteiger partial charge is 0.339 e. The molecule has 0 saturated heterocycles. The van der Waals surface area contributed by atoms with Crippen molar-refractivity contribution in [3.8, 4) is 5.75 Å². The molecular weight excluding hydrogens is 324 g/mol. The van der Waals surface area contributed by atoms with Gasteiger partial charge in [-0.2, -0.15) is 0 Å². The highest BCUT2D eigenvalue weighted by Crippen LogP contribution is 2.41. The third-order valence-electron chi connectivity index (χ3n) is 6.35. The monoisotopic (exact) mass is 356 g/mol. The van der Waals surface area contributed by atoms with Crippen LogP contribution in [0.1, 0.15) is 94.7 Å². The van der Waals surface area contributed by atoms with Crippen molar-refractivity contribution in [2.24, 2.45) is 5.92 Å². The van der Waals surface area contributed by atoms with Crippen LogP contribution in [-0.2, 0) is 6.42 Å². The summed E-state index contributed by atoms with van der Waals surface area (Å²) in [7, 11) is 0. The molecular formula is C23H32O3. The second-order valence-electron chi connectivity index (χ2n) is 8.25. The normalized spacial score (nSPS) is 19.3. The van der Waals surface area contributed by atoms with E-state index in [1.807, 2.05) is 12.1 Å². The molecule has 142 valence electrons. The second kappa shape index (κ2) is 7.85. The molecule has 1 aliphatic rings. The third kappa shape index (κ3) is 3.54. The van der Waals surface area contributed by atoms with E-state index in [1.165, 1.54) is 25.7 Å². The fourth-order valence-corrected chi connectivity index (χ4v) is 4.46. The van der Waals surface area contributed by atoms with Crippen molar-refractivity contribution in [1.82, 2.24) is 0 Å². The van der Waals surface area contributed by atoms with Crippen LogP contribution in [0.3, 0.4) is 0 Å². The van der Waals surface area contributed by atoms with E-state index in [0.29, 0.717) is 17.4 Å². The van der Waals surface area contributed by atoms with Crippen LogP contribution in [0.4, 0.5) is 0 Å². The van der Waals surface area contributed by atoms with Gasteiger partial charge in [0, 0.05) is 5.56 Å².